The molecule has 0 spiro atoms. The summed E-state index contributed by atoms with van der Waals surface area (Å²) in [4.78, 5) is 56.0. The minimum atomic E-state index is -1.01. The molecule has 1 unspecified atom stereocenters. The lowest BCUT2D eigenvalue weighted by atomic mass is 9.95. The molecule has 0 radical (unpaired) electrons. The summed E-state index contributed by atoms with van der Waals surface area (Å²) in [7, 11) is 2.75. The number of aromatic nitrogens is 3. The molecule has 3 aromatic carbocycles. The molecule has 6 rings (SSSR count). The highest BCUT2D eigenvalue weighted by Gasteiger charge is 2.34. The van der Waals surface area contributed by atoms with Crippen LogP contribution in [0.4, 0.5) is 5.69 Å². The maximum atomic E-state index is 14.5. The number of rotatable bonds is 11. The number of allylic oxidation sites excluding steroid dienone is 1. The number of ether oxygens (including phenoxy) is 4. The first kappa shape index (κ1) is 35.2. The van der Waals surface area contributed by atoms with E-state index in [-0.39, 0.29) is 39.6 Å². The summed E-state index contributed by atoms with van der Waals surface area (Å²) in [5.41, 5.74) is 2.18. The SMILES string of the molecule is C=CCOC(=O)C1=C(C)N=c2sc(=Cc3cn(-c4ccccc4)nc3-c3ccc(OC)c([N+](=O)[O-])c3)c(=O)n2C1c1ccc(OC(C)=O)c(OC)c1. The quantitative estimate of drug-likeness (QED) is 0.0615. The van der Waals surface area contributed by atoms with Crippen molar-refractivity contribution in [3.63, 3.8) is 0 Å². The van der Waals surface area contributed by atoms with Crippen LogP contribution in [0.1, 0.15) is 31.0 Å². The van der Waals surface area contributed by atoms with E-state index in [2.05, 4.69) is 11.6 Å². The van der Waals surface area contributed by atoms with Gasteiger partial charge in [0.2, 0.25) is 0 Å². The van der Waals surface area contributed by atoms with Gasteiger partial charge in [0.05, 0.1) is 46.7 Å². The van der Waals surface area contributed by atoms with Crippen LogP contribution in [0.3, 0.4) is 0 Å². The normalized spacial score (nSPS) is 13.9. The molecular formula is C37H31N5O9S. The number of nitro benzene ring substituents is 1. The van der Waals surface area contributed by atoms with Gasteiger partial charge in [0.15, 0.2) is 22.0 Å². The largest absolute Gasteiger partial charge is 0.493 e. The Bertz CT molecular complexity index is 2460. The number of thiazole rings is 1. The molecule has 0 fully saturated rings. The molecule has 0 saturated heterocycles. The zero-order valence-electron chi connectivity index (χ0n) is 28.4. The number of esters is 2. The van der Waals surface area contributed by atoms with Gasteiger partial charge in [-0.15, -0.1) is 0 Å². The van der Waals surface area contributed by atoms with Gasteiger partial charge < -0.3 is 18.9 Å². The molecule has 1 atom stereocenters. The molecule has 1 aliphatic rings. The van der Waals surface area contributed by atoms with Gasteiger partial charge in [-0.25, -0.2) is 14.5 Å². The summed E-state index contributed by atoms with van der Waals surface area (Å²) in [5.74, 6) is -0.806. The average Bonchev–Trinajstić information content (AvgIpc) is 3.70. The first-order valence-electron chi connectivity index (χ1n) is 15.7. The molecule has 15 heteroatoms. The molecule has 0 bridgehead atoms. The highest BCUT2D eigenvalue weighted by atomic mass is 32.1. The van der Waals surface area contributed by atoms with Gasteiger partial charge in [-0.3, -0.25) is 24.3 Å². The molecule has 2 aromatic heterocycles. The Morgan fingerprint density at radius 3 is 2.44 bits per heavy atom. The number of benzene rings is 3. The topological polar surface area (TPSA) is 166 Å². The number of hydrogen-bond acceptors (Lipinski definition) is 12. The molecule has 0 amide bonds. The fourth-order valence-corrected chi connectivity index (χ4v) is 6.79. The van der Waals surface area contributed by atoms with Gasteiger partial charge in [0.1, 0.15) is 12.3 Å². The van der Waals surface area contributed by atoms with Crippen LogP contribution >= 0.6 is 11.3 Å². The van der Waals surface area contributed by atoms with E-state index in [1.54, 1.807) is 42.1 Å². The zero-order valence-corrected chi connectivity index (χ0v) is 29.2. The van der Waals surface area contributed by atoms with E-state index in [1.807, 2.05) is 30.3 Å². The van der Waals surface area contributed by atoms with E-state index >= 15 is 0 Å². The average molecular weight is 722 g/mol. The van der Waals surface area contributed by atoms with Crippen molar-refractivity contribution in [1.82, 2.24) is 14.3 Å². The van der Waals surface area contributed by atoms with Gasteiger partial charge in [0.25, 0.3) is 5.56 Å². The van der Waals surface area contributed by atoms with Crippen LogP contribution in [0.25, 0.3) is 23.0 Å². The third kappa shape index (κ3) is 6.76. The molecule has 3 heterocycles. The number of hydrogen-bond donors (Lipinski definition) is 0. The molecule has 0 aliphatic carbocycles. The number of nitrogens with zero attached hydrogens (tertiary/aromatic N) is 5. The highest BCUT2D eigenvalue weighted by molar-refractivity contribution is 7.07. The van der Waals surface area contributed by atoms with Crippen molar-refractivity contribution in [3.8, 4) is 34.2 Å². The minimum absolute atomic E-state index is 0.0703. The smallest absolute Gasteiger partial charge is 0.338 e. The first-order chi connectivity index (χ1) is 25.0. The maximum absolute atomic E-state index is 14.5. The Morgan fingerprint density at radius 2 is 1.77 bits per heavy atom. The number of nitro groups is 1. The minimum Gasteiger partial charge on any atom is -0.493 e. The number of para-hydroxylation sites is 1. The van der Waals surface area contributed by atoms with Crippen molar-refractivity contribution in [2.45, 2.75) is 19.9 Å². The van der Waals surface area contributed by atoms with E-state index < -0.39 is 28.5 Å². The summed E-state index contributed by atoms with van der Waals surface area (Å²) in [6.45, 7) is 6.46. The Balaban J connectivity index is 1.57. The second-order valence-corrected chi connectivity index (χ2v) is 12.3. The van der Waals surface area contributed by atoms with Gasteiger partial charge in [-0.1, -0.05) is 48.3 Å². The third-order valence-electron chi connectivity index (χ3n) is 8.03. The second kappa shape index (κ2) is 14.7. The maximum Gasteiger partial charge on any atom is 0.338 e. The lowest BCUT2D eigenvalue weighted by Gasteiger charge is -2.25. The predicted octanol–water partition coefficient (Wildman–Crippen LogP) is 4.67. The summed E-state index contributed by atoms with van der Waals surface area (Å²) >= 11 is 1.10. The van der Waals surface area contributed by atoms with Crippen LogP contribution in [-0.2, 0) is 14.3 Å². The number of methoxy groups -OCH3 is 2. The van der Waals surface area contributed by atoms with E-state index in [4.69, 9.17) is 24.0 Å². The highest BCUT2D eigenvalue weighted by Crippen LogP contribution is 2.37. The van der Waals surface area contributed by atoms with Crippen molar-refractivity contribution in [3.05, 3.63) is 138 Å². The Labute approximate surface area is 299 Å². The standard InChI is InChI=1S/C37H31N5O9S/c1-6-16-50-36(45)32-21(2)38-37-41(34(32)24-13-15-29(51-22(3)43)30(18-24)49-5)35(44)31(52-37)19-25-20-40(26-10-8-7-9-11-26)39-33(25)23-12-14-28(48-4)27(17-23)42(46)47/h6-15,17-20,34H,1,16H2,2-5H3. The Hall–Kier alpha value is -6.61. The number of carbonyl (C=O) groups excluding carboxylic acids is 2. The molecule has 264 valence electrons. The fraction of sp³-hybridized carbons (Fsp3) is 0.162. The molecule has 14 nitrogen and oxygen atoms in total. The van der Waals surface area contributed by atoms with E-state index in [0.29, 0.717) is 32.9 Å². The molecular weight excluding hydrogens is 691 g/mol. The molecule has 0 N–H and O–H groups in total. The van der Waals surface area contributed by atoms with Crippen molar-refractivity contribution >= 4 is 35.0 Å². The van der Waals surface area contributed by atoms with Crippen molar-refractivity contribution in [1.29, 1.82) is 0 Å². The summed E-state index contributed by atoms with van der Waals surface area (Å²) in [6.07, 6.45) is 4.79. The first-order valence-corrected chi connectivity index (χ1v) is 16.5. The Kier molecular flexibility index (Phi) is 9.96. The number of carbonyl (C=O) groups is 2. The summed E-state index contributed by atoms with van der Waals surface area (Å²) < 4.78 is 24.7. The monoisotopic (exact) mass is 721 g/mol. The van der Waals surface area contributed by atoms with Crippen molar-refractivity contribution in [2.24, 2.45) is 4.99 Å². The summed E-state index contributed by atoms with van der Waals surface area (Å²) in [6, 6.07) is 17.5. The van der Waals surface area contributed by atoms with E-state index in [0.717, 1.165) is 17.0 Å². The van der Waals surface area contributed by atoms with E-state index in [1.165, 1.54) is 50.0 Å². The Morgan fingerprint density at radius 1 is 1.04 bits per heavy atom. The lowest BCUT2D eigenvalue weighted by molar-refractivity contribution is -0.385. The predicted molar refractivity (Wildman–Crippen MR) is 191 cm³/mol. The van der Waals surface area contributed by atoms with Crippen LogP contribution in [0.15, 0.2) is 107 Å². The molecule has 5 aromatic rings. The third-order valence-corrected chi connectivity index (χ3v) is 9.01. The van der Waals surface area contributed by atoms with Gasteiger partial charge in [-0.2, -0.15) is 5.10 Å². The van der Waals surface area contributed by atoms with Crippen LogP contribution in [0.2, 0.25) is 0 Å². The van der Waals surface area contributed by atoms with Gasteiger partial charge in [0, 0.05) is 30.3 Å². The van der Waals surface area contributed by atoms with E-state index in [9.17, 15) is 24.5 Å². The number of fused-ring (bicyclic) bond motifs is 1. The molecule has 52 heavy (non-hydrogen) atoms. The lowest BCUT2D eigenvalue weighted by Crippen LogP contribution is -2.40. The van der Waals surface area contributed by atoms with Crippen molar-refractivity contribution in [2.75, 3.05) is 20.8 Å². The summed E-state index contributed by atoms with van der Waals surface area (Å²) in [5, 5.41) is 16.7. The van der Waals surface area contributed by atoms with Gasteiger partial charge in [-0.05, 0) is 55.0 Å². The molecule has 1 aliphatic heterocycles. The van der Waals surface area contributed by atoms with Gasteiger partial charge >= 0.3 is 17.6 Å². The van der Waals surface area contributed by atoms with Crippen LogP contribution in [0.5, 0.6) is 17.2 Å². The molecule has 0 saturated carbocycles. The van der Waals surface area contributed by atoms with Crippen LogP contribution in [-0.4, -0.2) is 52.0 Å². The second-order valence-electron chi connectivity index (χ2n) is 11.3. The van der Waals surface area contributed by atoms with Crippen molar-refractivity contribution < 1.29 is 33.5 Å². The van der Waals surface area contributed by atoms with Crippen LogP contribution < -0.4 is 29.1 Å². The zero-order chi connectivity index (χ0) is 37.1. The van der Waals surface area contributed by atoms with Crippen LogP contribution in [0, 0.1) is 10.1 Å². The fourth-order valence-electron chi connectivity index (χ4n) is 5.76.